The molecule has 0 aromatic heterocycles. The first-order chi connectivity index (χ1) is 9.84. The molecule has 1 fully saturated rings. The third-order valence-corrected chi connectivity index (χ3v) is 3.21. The zero-order valence-electron chi connectivity index (χ0n) is 12.2. The topological polar surface area (TPSA) is 82.1 Å². The van der Waals surface area contributed by atoms with Crippen molar-refractivity contribution in [2.45, 2.75) is 13.8 Å². The number of aromatic carboxylic acids is 1. The summed E-state index contributed by atoms with van der Waals surface area (Å²) in [7, 11) is 0.502. The van der Waals surface area contributed by atoms with E-state index in [9.17, 15) is 14.7 Å². The lowest BCUT2D eigenvalue weighted by molar-refractivity contribution is 0.0340. The molecule has 0 atom stereocenters. The van der Waals surface area contributed by atoms with Crippen molar-refractivity contribution in [2.75, 3.05) is 20.3 Å². The first kappa shape index (κ1) is 15.5. The quantitative estimate of drug-likeness (QED) is 0.659. The number of carbonyl (C=O) groups is 2. The number of ether oxygens (including phenoxy) is 1. The normalized spacial score (nSPS) is 17.4. The highest BCUT2D eigenvalue weighted by Gasteiger charge is 2.36. The van der Waals surface area contributed by atoms with Crippen molar-refractivity contribution in [3.63, 3.8) is 0 Å². The number of esters is 1. The van der Waals surface area contributed by atoms with Crippen molar-refractivity contribution >= 4 is 24.5 Å². The second kappa shape index (κ2) is 5.87. The molecule has 0 bridgehead atoms. The van der Waals surface area contributed by atoms with Crippen LogP contribution in [-0.2, 0) is 14.0 Å². The van der Waals surface area contributed by atoms with Gasteiger partial charge in [-0.3, -0.25) is 0 Å². The van der Waals surface area contributed by atoms with Crippen LogP contribution in [0.3, 0.4) is 0 Å². The number of carbonyl (C=O) groups excluding carboxylic acids is 1. The number of carboxylic acids is 1. The Morgan fingerprint density at radius 3 is 2.43 bits per heavy atom. The van der Waals surface area contributed by atoms with E-state index in [0.717, 1.165) is 0 Å². The molecule has 0 radical (unpaired) electrons. The zero-order chi connectivity index (χ0) is 15.6. The average molecular weight is 292 g/mol. The van der Waals surface area contributed by atoms with Crippen LogP contribution in [0.4, 0.5) is 0 Å². The number of methoxy groups -OCH3 is 1. The highest BCUT2D eigenvalue weighted by Crippen LogP contribution is 2.22. The molecule has 0 saturated carbocycles. The van der Waals surface area contributed by atoms with E-state index in [2.05, 4.69) is 4.74 Å². The monoisotopic (exact) mass is 292 g/mol. The molecule has 0 spiro atoms. The Bertz CT molecular complexity index is 559. The summed E-state index contributed by atoms with van der Waals surface area (Å²) in [5.41, 5.74) is 0.439. The summed E-state index contributed by atoms with van der Waals surface area (Å²) in [5, 5.41) is 9.31. The standard InChI is InChI=1S/C14H17BO6/c1-14(2)7-20-15(21-8-14)11-5-4-9(13(18)19-3)6-10(11)12(16)17/h4-6H,7-8H2,1-3H3,(H,16,17). The minimum atomic E-state index is -1.15. The number of rotatable bonds is 3. The van der Waals surface area contributed by atoms with Gasteiger partial charge < -0.3 is 19.2 Å². The second-order valence-corrected chi connectivity index (χ2v) is 5.72. The van der Waals surface area contributed by atoms with Crippen LogP contribution in [0.1, 0.15) is 34.6 Å². The summed E-state index contributed by atoms with van der Waals surface area (Å²) in [6.07, 6.45) is 0. The molecule has 112 valence electrons. The Morgan fingerprint density at radius 1 is 1.29 bits per heavy atom. The molecule has 0 unspecified atom stereocenters. The molecule has 7 heteroatoms. The van der Waals surface area contributed by atoms with Crippen molar-refractivity contribution in [2.24, 2.45) is 5.41 Å². The summed E-state index contributed by atoms with van der Waals surface area (Å²) in [6.45, 7) is 4.94. The molecule has 2 rings (SSSR count). The van der Waals surface area contributed by atoms with Crippen molar-refractivity contribution in [1.29, 1.82) is 0 Å². The molecule has 1 aliphatic heterocycles. The first-order valence-electron chi connectivity index (χ1n) is 6.53. The van der Waals surface area contributed by atoms with Crippen LogP contribution in [-0.4, -0.2) is 44.5 Å². The van der Waals surface area contributed by atoms with Crippen LogP contribution < -0.4 is 5.46 Å². The van der Waals surface area contributed by atoms with Gasteiger partial charge in [0.2, 0.25) is 0 Å². The van der Waals surface area contributed by atoms with Gasteiger partial charge in [0.1, 0.15) is 0 Å². The van der Waals surface area contributed by atoms with E-state index in [0.29, 0.717) is 18.7 Å². The molecule has 1 N–H and O–H groups in total. The third-order valence-electron chi connectivity index (χ3n) is 3.21. The molecule has 0 amide bonds. The van der Waals surface area contributed by atoms with E-state index in [1.165, 1.54) is 25.3 Å². The second-order valence-electron chi connectivity index (χ2n) is 5.72. The van der Waals surface area contributed by atoms with Crippen LogP contribution in [0.2, 0.25) is 0 Å². The van der Waals surface area contributed by atoms with E-state index < -0.39 is 19.1 Å². The minimum absolute atomic E-state index is 0.0254. The van der Waals surface area contributed by atoms with E-state index >= 15 is 0 Å². The lowest BCUT2D eigenvalue weighted by Gasteiger charge is -2.33. The number of benzene rings is 1. The lowest BCUT2D eigenvalue weighted by Crippen LogP contribution is -2.49. The molecule has 1 aromatic rings. The van der Waals surface area contributed by atoms with Gasteiger partial charge in [-0.1, -0.05) is 19.9 Å². The zero-order valence-corrected chi connectivity index (χ0v) is 12.2. The molecular formula is C14H17BO6. The van der Waals surface area contributed by atoms with Gasteiger partial charge in [-0.2, -0.15) is 0 Å². The Hall–Kier alpha value is -1.86. The summed E-state index contributed by atoms with van der Waals surface area (Å²) in [6, 6.07) is 4.30. The number of hydrogen-bond donors (Lipinski definition) is 1. The first-order valence-corrected chi connectivity index (χ1v) is 6.53. The maximum absolute atomic E-state index is 11.5. The van der Waals surface area contributed by atoms with E-state index in [4.69, 9.17) is 9.31 Å². The molecule has 1 saturated heterocycles. The van der Waals surface area contributed by atoms with Crippen molar-refractivity contribution in [3.05, 3.63) is 29.3 Å². The van der Waals surface area contributed by atoms with Crippen LogP contribution in [0.15, 0.2) is 18.2 Å². The van der Waals surface area contributed by atoms with Crippen LogP contribution in [0.5, 0.6) is 0 Å². The summed E-state index contributed by atoms with van der Waals surface area (Å²) < 4.78 is 15.8. The Labute approximate surface area is 123 Å². The SMILES string of the molecule is COC(=O)c1ccc(B2OCC(C)(C)CO2)c(C(=O)O)c1. The van der Waals surface area contributed by atoms with Gasteiger partial charge >= 0.3 is 19.1 Å². The maximum atomic E-state index is 11.5. The molecule has 0 aliphatic carbocycles. The molecule has 1 aromatic carbocycles. The van der Waals surface area contributed by atoms with Crippen molar-refractivity contribution in [3.8, 4) is 0 Å². The summed E-state index contributed by atoms with van der Waals surface area (Å²) in [4.78, 5) is 22.9. The van der Waals surface area contributed by atoms with Gasteiger partial charge in [0.25, 0.3) is 0 Å². The summed E-state index contributed by atoms with van der Waals surface area (Å²) in [5.74, 6) is -1.73. The van der Waals surface area contributed by atoms with Gasteiger partial charge in [-0.05, 0) is 17.6 Å². The molecule has 1 heterocycles. The highest BCUT2D eigenvalue weighted by molar-refractivity contribution is 6.63. The van der Waals surface area contributed by atoms with Crippen molar-refractivity contribution in [1.82, 2.24) is 0 Å². The fraction of sp³-hybridized carbons (Fsp3) is 0.429. The smallest absolute Gasteiger partial charge is 0.478 e. The fourth-order valence-electron chi connectivity index (χ4n) is 2.06. The Morgan fingerprint density at radius 2 is 1.90 bits per heavy atom. The van der Waals surface area contributed by atoms with Crippen LogP contribution >= 0.6 is 0 Å². The van der Waals surface area contributed by atoms with Gasteiger partial charge in [0.05, 0.1) is 18.2 Å². The number of hydrogen-bond acceptors (Lipinski definition) is 5. The molecule has 21 heavy (non-hydrogen) atoms. The van der Waals surface area contributed by atoms with Gasteiger partial charge in [0.15, 0.2) is 0 Å². The number of carboxylic acid groups (broad SMARTS) is 1. The van der Waals surface area contributed by atoms with E-state index in [1.54, 1.807) is 0 Å². The third kappa shape index (κ3) is 3.43. The highest BCUT2D eigenvalue weighted by atomic mass is 16.6. The fourth-order valence-corrected chi connectivity index (χ4v) is 2.06. The summed E-state index contributed by atoms with van der Waals surface area (Å²) >= 11 is 0. The Kier molecular flexibility index (Phi) is 4.34. The van der Waals surface area contributed by atoms with Gasteiger partial charge in [-0.15, -0.1) is 0 Å². The molecular weight excluding hydrogens is 275 g/mol. The van der Waals surface area contributed by atoms with E-state index in [-0.39, 0.29) is 16.5 Å². The maximum Gasteiger partial charge on any atom is 0.494 e. The predicted octanol–water partition coefficient (Wildman–Crippen LogP) is 0.940. The lowest BCUT2D eigenvalue weighted by atomic mass is 9.73. The largest absolute Gasteiger partial charge is 0.494 e. The van der Waals surface area contributed by atoms with Crippen LogP contribution in [0.25, 0.3) is 0 Å². The van der Waals surface area contributed by atoms with E-state index in [1.807, 2.05) is 13.8 Å². The van der Waals surface area contributed by atoms with Gasteiger partial charge in [-0.25, -0.2) is 9.59 Å². The molecule has 1 aliphatic rings. The minimum Gasteiger partial charge on any atom is -0.478 e. The molecule has 6 nitrogen and oxygen atoms in total. The van der Waals surface area contributed by atoms with Crippen LogP contribution in [0, 0.1) is 5.41 Å². The Balaban J connectivity index is 2.31. The predicted molar refractivity (Wildman–Crippen MR) is 75.8 cm³/mol. The van der Waals surface area contributed by atoms with Gasteiger partial charge in [0, 0.05) is 18.6 Å². The van der Waals surface area contributed by atoms with Crippen molar-refractivity contribution < 1.29 is 28.7 Å². The average Bonchev–Trinajstić information content (AvgIpc) is 2.46.